The van der Waals surface area contributed by atoms with Crippen molar-refractivity contribution in [2.45, 2.75) is 11.8 Å². The fourth-order valence-corrected chi connectivity index (χ4v) is 4.61. The minimum Gasteiger partial charge on any atom is -0.366 e. The van der Waals surface area contributed by atoms with Gasteiger partial charge in [0.1, 0.15) is 5.82 Å². The predicted octanol–water partition coefficient (Wildman–Crippen LogP) is 4.78. The fourth-order valence-electron chi connectivity index (χ4n) is 3.02. The number of thioether (sulfide) groups is 1. The summed E-state index contributed by atoms with van der Waals surface area (Å²) in [5.41, 5.74) is 0.805. The SMILES string of the molecule is CC(=O)c1ccc(N2CCN(C(=O)CSc3c(Cl)cccc3Cl)CC2)c(F)c1. The van der Waals surface area contributed by atoms with E-state index in [-0.39, 0.29) is 17.4 Å². The molecule has 0 spiro atoms. The average molecular weight is 441 g/mol. The first-order valence-corrected chi connectivity index (χ1v) is 10.5. The topological polar surface area (TPSA) is 40.6 Å². The highest BCUT2D eigenvalue weighted by Gasteiger charge is 2.23. The fraction of sp³-hybridized carbons (Fsp3) is 0.300. The average Bonchev–Trinajstić information content (AvgIpc) is 2.67. The smallest absolute Gasteiger partial charge is 0.233 e. The molecule has 1 saturated heterocycles. The van der Waals surface area contributed by atoms with Crippen LogP contribution in [0.5, 0.6) is 0 Å². The Hall–Kier alpha value is -1.76. The van der Waals surface area contributed by atoms with Gasteiger partial charge >= 0.3 is 0 Å². The molecule has 2 aromatic rings. The van der Waals surface area contributed by atoms with E-state index in [0.717, 1.165) is 0 Å². The van der Waals surface area contributed by atoms with E-state index in [1.54, 1.807) is 35.2 Å². The van der Waals surface area contributed by atoms with Crippen molar-refractivity contribution in [3.63, 3.8) is 0 Å². The van der Waals surface area contributed by atoms with Gasteiger partial charge in [0.15, 0.2) is 5.78 Å². The maximum absolute atomic E-state index is 14.3. The lowest BCUT2D eigenvalue weighted by Crippen LogP contribution is -2.49. The number of benzene rings is 2. The molecule has 1 heterocycles. The van der Waals surface area contributed by atoms with E-state index >= 15 is 0 Å². The largest absolute Gasteiger partial charge is 0.366 e. The van der Waals surface area contributed by atoms with Gasteiger partial charge in [-0.15, -0.1) is 11.8 Å². The molecule has 0 aliphatic carbocycles. The second kappa shape index (κ2) is 9.16. The maximum Gasteiger partial charge on any atom is 0.233 e. The van der Waals surface area contributed by atoms with Crippen molar-refractivity contribution in [1.82, 2.24) is 4.90 Å². The number of ketones is 1. The summed E-state index contributed by atoms with van der Waals surface area (Å²) < 4.78 is 14.3. The number of Topliss-reactive ketones (excluding diaryl/α,β-unsaturated/α-hetero) is 1. The molecule has 0 radical (unpaired) electrons. The number of piperazine rings is 1. The van der Waals surface area contributed by atoms with E-state index in [9.17, 15) is 14.0 Å². The summed E-state index contributed by atoms with van der Waals surface area (Å²) in [6.45, 7) is 3.47. The number of hydrogen-bond acceptors (Lipinski definition) is 4. The summed E-state index contributed by atoms with van der Waals surface area (Å²) in [6.07, 6.45) is 0. The Bertz CT molecular complexity index is 882. The maximum atomic E-state index is 14.3. The van der Waals surface area contributed by atoms with Crippen molar-refractivity contribution in [2.75, 3.05) is 36.8 Å². The van der Waals surface area contributed by atoms with Crippen LogP contribution in [-0.4, -0.2) is 48.5 Å². The molecule has 0 saturated carbocycles. The molecule has 0 aromatic heterocycles. The molecule has 1 aliphatic rings. The summed E-state index contributed by atoms with van der Waals surface area (Å²) >= 11 is 13.6. The summed E-state index contributed by atoms with van der Waals surface area (Å²) in [4.78, 5) is 28.2. The van der Waals surface area contributed by atoms with Crippen LogP contribution in [0.25, 0.3) is 0 Å². The highest BCUT2D eigenvalue weighted by Crippen LogP contribution is 2.34. The minimum absolute atomic E-state index is 0.00645. The number of carbonyl (C=O) groups excluding carboxylic acids is 2. The van der Waals surface area contributed by atoms with Crippen molar-refractivity contribution in [3.05, 3.63) is 57.8 Å². The zero-order chi connectivity index (χ0) is 20.3. The van der Waals surface area contributed by atoms with E-state index in [1.807, 2.05) is 4.90 Å². The minimum atomic E-state index is -0.420. The Balaban J connectivity index is 1.56. The van der Waals surface area contributed by atoms with Crippen molar-refractivity contribution in [1.29, 1.82) is 0 Å². The molecule has 1 fully saturated rings. The van der Waals surface area contributed by atoms with E-state index in [2.05, 4.69) is 0 Å². The molecule has 0 bridgehead atoms. The molecule has 1 amide bonds. The Labute approximate surface area is 177 Å². The van der Waals surface area contributed by atoms with Crippen LogP contribution in [0.15, 0.2) is 41.3 Å². The Morgan fingerprint density at radius 1 is 1.07 bits per heavy atom. The molecule has 2 aromatic carbocycles. The zero-order valence-corrected chi connectivity index (χ0v) is 17.6. The third kappa shape index (κ3) is 4.80. The zero-order valence-electron chi connectivity index (χ0n) is 15.3. The van der Waals surface area contributed by atoms with E-state index in [0.29, 0.717) is 52.4 Å². The Morgan fingerprint density at radius 3 is 2.29 bits per heavy atom. The number of hydrogen-bond donors (Lipinski definition) is 0. The van der Waals surface area contributed by atoms with Crippen molar-refractivity contribution in [2.24, 2.45) is 0 Å². The number of rotatable bonds is 5. The van der Waals surface area contributed by atoms with Gasteiger partial charge in [-0.1, -0.05) is 29.3 Å². The van der Waals surface area contributed by atoms with E-state index in [1.165, 1.54) is 24.8 Å². The molecular formula is C20H19Cl2FN2O2S. The van der Waals surface area contributed by atoms with Crippen LogP contribution in [-0.2, 0) is 4.79 Å². The van der Waals surface area contributed by atoms with Crippen LogP contribution < -0.4 is 4.90 Å². The molecule has 0 unspecified atom stereocenters. The first-order valence-electron chi connectivity index (χ1n) is 8.77. The predicted molar refractivity (Wildman–Crippen MR) is 112 cm³/mol. The quantitative estimate of drug-likeness (QED) is 0.495. The second-order valence-corrected chi connectivity index (χ2v) is 8.23. The summed E-state index contributed by atoms with van der Waals surface area (Å²) in [7, 11) is 0. The lowest BCUT2D eigenvalue weighted by molar-refractivity contribution is -0.128. The summed E-state index contributed by atoms with van der Waals surface area (Å²) in [5, 5.41) is 1.05. The van der Waals surface area contributed by atoms with Crippen LogP contribution in [0.1, 0.15) is 17.3 Å². The molecule has 148 valence electrons. The van der Waals surface area contributed by atoms with Crippen molar-refractivity contribution >= 4 is 52.3 Å². The van der Waals surface area contributed by atoms with Gasteiger partial charge in [-0.3, -0.25) is 9.59 Å². The van der Waals surface area contributed by atoms with Gasteiger partial charge in [-0.05, 0) is 37.3 Å². The highest BCUT2D eigenvalue weighted by atomic mass is 35.5. The number of nitrogens with zero attached hydrogens (tertiary/aromatic N) is 2. The van der Waals surface area contributed by atoms with Crippen LogP contribution in [0.3, 0.4) is 0 Å². The third-order valence-electron chi connectivity index (χ3n) is 4.59. The van der Waals surface area contributed by atoms with Gasteiger partial charge in [-0.2, -0.15) is 0 Å². The second-order valence-electron chi connectivity index (χ2n) is 6.43. The standard InChI is InChI=1S/C20H19Cl2FN2O2S/c1-13(26)14-5-6-18(17(23)11-14)24-7-9-25(10-8-24)19(27)12-28-20-15(21)3-2-4-16(20)22/h2-6,11H,7-10,12H2,1H3. The van der Waals surface area contributed by atoms with Gasteiger partial charge in [0.25, 0.3) is 0 Å². The van der Waals surface area contributed by atoms with Crippen molar-refractivity contribution in [3.8, 4) is 0 Å². The number of carbonyl (C=O) groups is 2. The summed E-state index contributed by atoms with van der Waals surface area (Å²) in [6, 6.07) is 9.76. The number of amides is 1. The van der Waals surface area contributed by atoms with Crippen molar-refractivity contribution < 1.29 is 14.0 Å². The normalized spacial score (nSPS) is 14.3. The summed E-state index contributed by atoms with van der Waals surface area (Å²) in [5.74, 6) is -0.355. The molecule has 8 heteroatoms. The van der Waals surface area contributed by atoms with E-state index in [4.69, 9.17) is 23.2 Å². The lowest BCUT2D eigenvalue weighted by atomic mass is 10.1. The van der Waals surface area contributed by atoms with E-state index < -0.39 is 5.82 Å². The monoisotopic (exact) mass is 440 g/mol. The Kier molecular flexibility index (Phi) is 6.86. The molecule has 3 rings (SSSR count). The highest BCUT2D eigenvalue weighted by molar-refractivity contribution is 8.00. The first-order chi connectivity index (χ1) is 13.4. The van der Waals surface area contributed by atoms with Crippen LogP contribution in [0.4, 0.5) is 10.1 Å². The first kappa shape index (κ1) is 21.0. The van der Waals surface area contributed by atoms with Gasteiger partial charge in [0, 0.05) is 36.6 Å². The van der Waals surface area contributed by atoms with Crippen LogP contribution in [0, 0.1) is 5.82 Å². The number of halogens is 3. The molecule has 4 nitrogen and oxygen atoms in total. The molecule has 0 N–H and O–H groups in total. The van der Waals surface area contributed by atoms with Gasteiger partial charge in [0.05, 0.1) is 21.5 Å². The molecular weight excluding hydrogens is 422 g/mol. The Morgan fingerprint density at radius 2 is 1.71 bits per heavy atom. The number of anilines is 1. The van der Waals surface area contributed by atoms with Gasteiger partial charge in [-0.25, -0.2) is 4.39 Å². The van der Waals surface area contributed by atoms with Gasteiger partial charge in [0.2, 0.25) is 5.91 Å². The van der Waals surface area contributed by atoms with Crippen LogP contribution in [0.2, 0.25) is 10.0 Å². The molecule has 28 heavy (non-hydrogen) atoms. The lowest BCUT2D eigenvalue weighted by Gasteiger charge is -2.36. The molecule has 0 atom stereocenters. The molecule has 1 aliphatic heterocycles. The third-order valence-corrected chi connectivity index (χ3v) is 6.56. The van der Waals surface area contributed by atoms with Crippen LogP contribution >= 0.6 is 35.0 Å². The van der Waals surface area contributed by atoms with Gasteiger partial charge < -0.3 is 9.80 Å².